The average molecular weight is 219 g/mol. The van der Waals surface area contributed by atoms with Crippen molar-refractivity contribution in [2.75, 3.05) is 20.2 Å². The van der Waals surface area contributed by atoms with Crippen molar-refractivity contribution >= 4 is 0 Å². The standard InChI is InChI=1S/C14H21NO/c1-3-11-4-5-13(14(10-11)16-2)12-6-8-15-9-7-12/h4-5,10,12,15H,3,6-9H2,1-2H3. The molecule has 1 aliphatic heterocycles. The molecule has 0 spiro atoms. The molecule has 0 amide bonds. The average Bonchev–Trinajstić information content (AvgIpc) is 2.39. The van der Waals surface area contributed by atoms with Crippen molar-refractivity contribution in [1.29, 1.82) is 0 Å². The second kappa shape index (κ2) is 5.35. The fourth-order valence-corrected chi connectivity index (χ4v) is 2.45. The maximum Gasteiger partial charge on any atom is 0.122 e. The molecule has 0 unspecified atom stereocenters. The number of piperidine rings is 1. The van der Waals surface area contributed by atoms with Gasteiger partial charge in [0.05, 0.1) is 7.11 Å². The van der Waals surface area contributed by atoms with Crippen molar-refractivity contribution in [3.8, 4) is 5.75 Å². The summed E-state index contributed by atoms with van der Waals surface area (Å²) in [7, 11) is 1.78. The molecule has 2 nitrogen and oxygen atoms in total. The topological polar surface area (TPSA) is 21.3 Å². The summed E-state index contributed by atoms with van der Waals surface area (Å²) in [5.74, 6) is 1.74. The van der Waals surface area contributed by atoms with E-state index in [1.54, 1.807) is 7.11 Å². The van der Waals surface area contributed by atoms with Crippen molar-refractivity contribution in [1.82, 2.24) is 5.32 Å². The minimum absolute atomic E-state index is 0.669. The van der Waals surface area contributed by atoms with Gasteiger partial charge in [0, 0.05) is 0 Å². The molecule has 1 aliphatic rings. The second-order valence-corrected chi connectivity index (χ2v) is 4.45. The third-order valence-electron chi connectivity index (χ3n) is 3.49. The third-order valence-corrected chi connectivity index (χ3v) is 3.49. The highest BCUT2D eigenvalue weighted by molar-refractivity contribution is 5.40. The van der Waals surface area contributed by atoms with Crippen LogP contribution < -0.4 is 10.1 Å². The van der Waals surface area contributed by atoms with E-state index in [1.807, 2.05) is 0 Å². The van der Waals surface area contributed by atoms with Gasteiger partial charge in [0.1, 0.15) is 5.75 Å². The summed E-state index contributed by atoms with van der Waals surface area (Å²) < 4.78 is 5.52. The van der Waals surface area contributed by atoms with Crippen LogP contribution in [0.15, 0.2) is 18.2 Å². The van der Waals surface area contributed by atoms with E-state index >= 15 is 0 Å². The molecule has 1 saturated heterocycles. The quantitative estimate of drug-likeness (QED) is 0.844. The zero-order chi connectivity index (χ0) is 11.4. The Morgan fingerprint density at radius 3 is 2.69 bits per heavy atom. The van der Waals surface area contributed by atoms with Gasteiger partial charge in [0.2, 0.25) is 0 Å². The molecule has 0 atom stereocenters. The lowest BCUT2D eigenvalue weighted by Crippen LogP contribution is -2.26. The van der Waals surface area contributed by atoms with Crippen molar-refractivity contribution in [3.63, 3.8) is 0 Å². The van der Waals surface area contributed by atoms with Gasteiger partial charge in [-0.05, 0) is 55.5 Å². The number of methoxy groups -OCH3 is 1. The summed E-state index contributed by atoms with van der Waals surface area (Å²) >= 11 is 0. The Morgan fingerprint density at radius 1 is 1.31 bits per heavy atom. The molecule has 2 rings (SSSR count). The van der Waals surface area contributed by atoms with Crippen LogP contribution in [0.25, 0.3) is 0 Å². The molecule has 0 radical (unpaired) electrons. The fourth-order valence-electron chi connectivity index (χ4n) is 2.45. The van der Waals surface area contributed by atoms with E-state index in [9.17, 15) is 0 Å². The van der Waals surface area contributed by atoms with Gasteiger partial charge >= 0.3 is 0 Å². The van der Waals surface area contributed by atoms with Crippen molar-refractivity contribution in [3.05, 3.63) is 29.3 Å². The molecule has 1 fully saturated rings. The maximum absolute atomic E-state index is 5.52. The monoisotopic (exact) mass is 219 g/mol. The van der Waals surface area contributed by atoms with Crippen LogP contribution in [0.1, 0.15) is 36.8 Å². The number of ether oxygens (including phenoxy) is 1. The zero-order valence-corrected chi connectivity index (χ0v) is 10.3. The lowest BCUT2D eigenvalue weighted by Gasteiger charge is -2.24. The predicted molar refractivity (Wildman–Crippen MR) is 67.2 cm³/mol. The molecule has 1 heterocycles. The minimum atomic E-state index is 0.669. The van der Waals surface area contributed by atoms with Gasteiger partial charge in [-0.25, -0.2) is 0 Å². The number of benzene rings is 1. The van der Waals surface area contributed by atoms with Crippen LogP contribution in [0.4, 0.5) is 0 Å². The Kier molecular flexibility index (Phi) is 3.83. The van der Waals surface area contributed by atoms with Crippen LogP contribution in [-0.2, 0) is 6.42 Å². The van der Waals surface area contributed by atoms with Crippen molar-refractivity contribution < 1.29 is 4.74 Å². The van der Waals surface area contributed by atoms with E-state index in [2.05, 4.69) is 30.4 Å². The van der Waals surface area contributed by atoms with Crippen molar-refractivity contribution in [2.24, 2.45) is 0 Å². The van der Waals surface area contributed by atoms with E-state index in [4.69, 9.17) is 4.74 Å². The number of hydrogen-bond acceptors (Lipinski definition) is 2. The largest absolute Gasteiger partial charge is 0.496 e. The van der Waals surface area contributed by atoms with Gasteiger partial charge in [-0.3, -0.25) is 0 Å². The van der Waals surface area contributed by atoms with E-state index in [0.29, 0.717) is 5.92 Å². The molecule has 1 N–H and O–H groups in total. The SMILES string of the molecule is CCc1ccc(C2CCNCC2)c(OC)c1. The second-order valence-electron chi connectivity index (χ2n) is 4.45. The molecule has 1 aromatic carbocycles. The van der Waals surface area contributed by atoms with Crippen LogP contribution in [-0.4, -0.2) is 20.2 Å². The summed E-state index contributed by atoms with van der Waals surface area (Å²) in [5, 5.41) is 3.40. The molecule has 1 aromatic rings. The van der Waals surface area contributed by atoms with Crippen LogP contribution in [0.2, 0.25) is 0 Å². The normalized spacial score (nSPS) is 17.4. The maximum atomic E-state index is 5.52. The summed E-state index contributed by atoms with van der Waals surface area (Å²) in [6.07, 6.45) is 3.52. The summed E-state index contributed by atoms with van der Waals surface area (Å²) in [6.45, 7) is 4.44. The third kappa shape index (κ3) is 2.38. The first-order valence-corrected chi connectivity index (χ1v) is 6.22. The first-order valence-electron chi connectivity index (χ1n) is 6.22. The Balaban J connectivity index is 2.24. The smallest absolute Gasteiger partial charge is 0.122 e. The van der Waals surface area contributed by atoms with Crippen LogP contribution >= 0.6 is 0 Å². The van der Waals surface area contributed by atoms with Crippen LogP contribution in [0.3, 0.4) is 0 Å². The molecule has 0 saturated carbocycles. The fraction of sp³-hybridized carbons (Fsp3) is 0.571. The van der Waals surface area contributed by atoms with Gasteiger partial charge < -0.3 is 10.1 Å². The highest BCUT2D eigenvalue weighted by Crippen LogP contribution is 2.33. The van der Waals surface area contributed by atoms with Gasteiger partial charge in [0.15, 0.2) is 0 Å². The van der Waals surface area contributed by atoms with Gasteiger partial charge in [-0.2, -0.15) is 0 Å². The minimum Gasteiger partial charge on any atom is -0.496 e. The highest BCUT2D eigenvalue weighted by Gasteiger charge is 2.18. The first-order chi connectivity index (χ1) is 7.85. The molecular weight excluding hydrogens is 198 g/mol. The number of rotatable bonds is 3. The Bertz CT molecular complexity index is 343. The summed E-state index contributed by atoms with van der Waals surface area (Å²) in [5.41, 5.74) is 2.75. The van der Waals surface area contributed by atoms with E-state index in [1.165, 1.54) is 24.0 Å². The van der Waals surface area contributed by atoms with Crippen LogP contribution in [0.5, 0.6) is 5.75 Å². The molecule has 88 valence electrons. The van der Waals surface area contributed by atoms with Crippen molar-refractivity contribution in [2.45, 2.75) is 32.1 Å². The first kappa shape index (κ1) is 11.5. The molecule has 0 bridgehead atoms. The molecule has 0 aliphatic carbocycles. The molecule has 2 heteroatoms. The van der Waals surface area contributed by atoms with Gasteiger partial charge in [-0.1, -0.05) is 19.1 Å². The Hall–Kier alpha value is -1.02. The Labute approximate surface area is 98.0 Å². The molecule has 0 aromatic heterocycles. The lowest BCUT2D eigenvalue weighted by atomic mass is 9.89. The summed E-state index contributed by atoms with van der Waals surface area (Å²) in [4.78, 5) is 0. The molecular formula is C14H21NO. The lowest BCUT2D eigenvalue weighted by molar-refractivity contribution is 0.391. The Morgan fingerprint density at radius 2 is 2.06 bits per heavy atom. The molecule has 16 heavy (non-hydrogen) atoms. The zero-order valence-electron chi connectivity index (χ0n) is 10.3. The van der Waals surface area contributed by atoms with Gasteiger partial charge in [0.25, 0.3) is 0 Å². The highest BCUT2D eigenvalue weighted by atomic mass is 16.5. The van der Waals surface area contributed by atoms with E-state index in [0.717, 1.165) is 25.3 Å². The van der Waals surface area contributed by atoms with Gasteiger partial charge in [-0.15, -0.1) is 0 Å². The van der Waals surface area contributed by atoms with Crippen LogP contribution in [0, 0.1) is 0 Å². The van der Waals surface area contributed by atoms with E-state index < -0.39 is 0 Å². The van der Waals surface area contributed by atoms with E-state index in [-0.39, 0.29) is 0 Å². The number of hydrogen-bond donors (Lipinski definition) is 1. The number of nitrogens with one attached hydrogen (secondary N) is 1. The predicted octanol–water partition coefficient (Wildman–Crippen LogP) is 2.72. The number of aryl methyl sites for hydroxylation is 1. The summed E-state index contributed by atoms with van der Waals surface area (Å²) in [6, 6.07) is 6.69.